The number of nitrogens with zero attached hydrogens (tertiary/aromatic N) is 4. The number of benzene rings is 2. The summed E-state index contributed by atoms with van der Waals surface area (Å²) in [5.41, 5.74) is 5.13. The molecule has 2 aromatic heterocycles. The third kappa shape index (κ3) is 3.51. The van der Waals surface area contributed by atoms with Gasteiger partial charge < -0.3 is 9.47 Å². The molecule has 140 valence electrons. The number of para-hydroxylation sites is 2. The average Bonchev–Trinajstić information content (AvgIpc) is 3.07. The van der Waals surface area contributed by atoms with Crippen LogP contribution in [0.25, 0.3) is 11.0 Å². The summed E-state index contributed by atoms with van der Waals surface area (Å²) >= 11 is 0. The molecule has 0 aliphatic carbocycles. The predicted molar refractivity (Wildman–Crippen MR) is 110 cm³/mol. The number of amides is 1. The van der Waals surface area contributed by atoms with Gasteiger partial charge in [-0.25, -0.2) is 4.98 Å². The van der Waals surface area contributed by atoms with Crippen molar-refractivity contribution in [3.63, 3.8) is 0 Å². The highest BCUT2D eigenvalue weighted by Crippen LogP contribution is 2.20. The Hall–Kier alpha value is -3.47. The van der Waals surface area contributed by atoms with Crippen molar-refractivity contribution in [3.8, 4) is 0 Å². The van der Waals surface area contributed by atoms with Crippen molar-refractivity contribution in [3.05, 3.63) is 95.6 Å². The SMILES string of the molecule is Cc1ccccc1Cn1c(CN(C)C(=O)c2ccncc2)nc2ccccc21. The Morgan fingerprint density at radius 3 is 2.50 bits per heavy atom. The molecule has 4 rings (SSSR count). The third-order valence-corrected chi connectivity index (χ3v) is 4.98. The van der Waals surface area contributed by atoms with Crippen molar-refractivity contribution in [2.45, 2.75) is 20.0 Å². The van der Waals surface area contributed by atoms with Crippen LogP contribution in [0.4, 0.5) is 0 Å². The van der Waals surface area contributed by atoms with Crippen LogP contribution in [-0.4, -0.2) is 32.4 Å². The molecule has 0 aliphatic rings. The molecular formula is C23H22N4O. The second-order valence-electron chi connectivity index (χ2n) is 6.93. The first kappa shape index (κ1) is 17.9. The van der Waals surface area contributed by atoms with Gasteiger partial charge in [-0.15, -0.1) is 0 Å². The Kier molecular flexibility index (Phi) is 4.89. The first-order valence-electron chi connectivity index (χ1n) is 9.27. The Morgan fingerprint density at radius 1 is 1.00 bits per heavy atom. The smallest absolute Gasteiger partial charge is 0.254 e. The molecule has 0 atom stereocenters. The minimum Gasteiger partial charge on any atom is -0.334 e. The molecule has 5 nitrogen and oxygen atoms in total. The van der Waals surface area contributed by atoms with Gasteiger partial charge in [0.2, 0.25) is 0 Å². The van der Waals surface area contributed by atoms with E-state index >= 15 is 0 Å². The number of fused-ring (bicyclic) bond motifs is 1. The topological polar surface area (TPSA) is 51.0 Å². The fraction of sp³-hybridized carbons (Fsp3) is 0.174. The molecule has 0 saturated heterocycles. The first-order valence-corrected chi connectivity index (χ1v) is 9.27. The maximum absolute atomic E-state index is 12.7. The molecule has 2 heterocycles. The van der Waals surface area contributed by atoms with Gasteiger partial charge in [0.15, 0.2) is 0 Å². The molecule has 0 aliphatic heterocycles. The fourth-order valence-electron chi connectivity index (χ4n) is 3.38. The molecule has 0 N–H and O–H groups in total. The Labute approximate surface area is 164 Å². The number of hydrogen-bond donors (Lipinski definition) is 0. The van der Waals surface area contributed by atoms with Gasteiger partial charge in [0, 0.05) is 31.5 Å². The lowest BCUT2D eigenvalue weighted by molar-refractivity contribution is 0.0780. The minimum atomic E-state index is -0.0445. The van der Waals surface area contributed by atoms with E-state index < -0.39 is 0 Å². The summed E-state index contributed by atoms with van der Waals surface area (Å²) in [5.74, 6) is 0.825. The van der Waals surface area contributed by atoms with Crippen molar-refractivity contribution in [2.75, 3.05) is 7.05 Å². The van der Waals surface area contributed by atoms with E-state index in [4.69, 9.17) is 4.98 Å². The number of hydrogen-bond acceptors (Lipinski definition) is 3. The van der Waals surface area contributed by atoms with Gasteiger partial charge in [-0.05, 0) is 42.3 Å². The zero-order valence-corrected chi connectivity index (χ0v) is 16.0. The van der Waals surface area contributed by atoms with Crippen molar-refractivity contribution in [2.24, 2.45) is 0 Å². The highest BCUT2D eigenvalue weighted by atomic mass is 16.2. The molecule has 4 aromatic rings. The number of carbonyl (C=O) groups is 1. The lowest BCUT2D eigenvalue weighted by atomic mass is 10.1. The molecule has 5 heteroatoms. The Morgan fingerprint density at radius 2 is 1.71 bits per heavy atom. The molecule has 0 unspecified atom stereocenters. The molecule has 1 amide bonds. The van der Waals surface area contributed by atoms with Gasteiger partial charge in [-0.2, -0.15) is 0 Å². The maximum Gasteiger partial charge on any atom is 0.254 e. The van der Waals surface area contributed by atoms with Crippen LogP contribution in [0.1, 0.15) is 27.3 Å². The number of aromatic nitrogens is 3. The minimum absolute atomic E-state index is 0.0445. The Bertz CT molecular complexity index is 1120. The number of imidazole rings is 1. The average molecular weight is 370 g/mol. The van der Waals surface area contributed by atoms with Crippen LogP contribution in [0, 0.1) is 6.92 Å². The van der Waals surface area contributed by atoms with E-state index in [0.717, 1.165) is 23.4 Å². The van der Waals surface area contributed by atoms with E-state index in [-0.39, 0.29) is 5.91 Å². The van der Waals surface area contributed by atoms with Gasteiger partial charge >= 0.3 is 0 Å². The summed E-state index contributed by atoms with van der Waals surface area (Å²) in [7, 11) is 1.81. The van der Waals surface area contributed by atoms with Crippen LogP contribution in [0.3, 0.4) is 0 Å². The van der Waals surface area contributed by atoms with E-state index in [0.29, 0.717) is 12.1 Å². The van der Waals surface area contributed by atoms with Crippen LogP contribution in [-0.2, 0) is 13.1 Å². The van der Waals surface area contributed by atoms with E-state index in [1.807, 2.05) is 24.3 Å². The quantitative estimate of drug-likeness (QED) is 0.532. The largest absolute Gasteiger partial charge is 0.334 e. The van der Waals surface area contributed by atoms with Crippen molar-refractivity contribution in [1.29, 1.82) is 0 Å². The number of pyridine rings is 1. The van der Waals surface area contributed by atoms with Crippen LogP contribution < -0.4 is 0 Å². The molecule has 2 aromatic carbocycles. The third-order valence-electron chi connectivity index (χ3n) is 4.98. The molecule has 0 bridgehead atoms. The highest BCUT2D eigenvalue weighted by molar-refractivity contribution is 5.93. The molecule has 0 radical (unpaired) electrons. The van der Waals surface area contributed by atoms with Crippen LogP contribution in [0.15, 0.2) is 73.1 Å². The van der Waals surface area contributed by atoms with Gasteiger partial charge in [0.05, 0.1) is 17.6 Å². The lowest BCUT2D eigenvalue weighted by Gasteiger charge is -2.18. The normalized spacial score (nSPS) is 10.9. The molecule has 0 saturated carbocycles. The molecule has 28 heavy (non-hydrogen) atoms. The van der Waals surface area contributed by atoms with E-state index in [1.165, 1.54) is 11.1 Å². The summed E-state index contributed by atoms with van der Waals surface area (Å²) < 4.78 is 2.20. The zero-order chi connectivity index (χ0) is 19.5. The van der Waals surface area contributed by atoms with Crippen molar-refractivity contribution < 1.29 is 4.79 Å². The lowest BCUT2D eigenvalue weighted by Crippen LogP contribution is -2.28. The predicted octanol–water partition coefficient (Wildman–Crippen LogP) is 4.06. The summed E-state index contributed by atoms with van der Waals surface area (Å²) in [5, 5.41) is 0. The molecule has 0 fully saturated rings. The first-order chi connectivity index (χ1) is 13.6. The summed E-state index contributed by atoms with van der Waals surface area (Å²) in [6, 6.07) is 19.9. The van der Waals surface area contributed by atoms with E-state index in [9.17, 15) is 4.79 Å². The van der Waals surface area contributed by atoms with E-state index in [2.05, 4.69) is 40.7 Å². The van der Waals surface area contributed by atoms with Crippen LogP contribution >= 0.6 is 0 Å². The van der Waals surface area contributed by atoms with Crippen molar-refractivity contribution in [1.82, 2.24) is 19.4 Å². The van der Waals surface area contributed by atoms with Gasteiger partial charge in [-0.3, -0.25) is 9.78 Å². The summed E-state index contributed by atoms with van der Waals surface area (Å²) in [6.45, 7) is 3.27. The highest BCUT2D eigenvalue weighted by Gasteiger charge is 2.17. The summed E-state index contributed by atoms with van der Waals surface area (Å²) in [4.78, 5) is 23.2. The number of rotatable bonds is 5. The van der Waals surface area contributed by atoms with Gasteiger partial charge in [0.1, 0.15) is 5.82 Å². The van der Waals surface area contributed by atoms with Crippen LogP contribution in [0.5, 0.6) is 0 Å². The number of carbonyl (C=O) groups excluding carboxylic acids is 1. The molecule has 0 spiro atoms. The zero-order valence-electron chi connectivity index (χ0n) is 16.0. The maximum atomic E-state index is 12.7. The van der Waals surface area contributed by atoms with Crippen LogP contribution in [0.2, 0.25) is 0 Å². The van der Waals surface area contributed by atoms with Gasteiger partial charge in [0.25, 0.3) is 5.91 Å². The second-order valence-corrected chi connectivity index (χ2v) is 6.93. The molecular weight excluding hydrogens is 348 g/mol. The summed E-state index contributed by atoms with van der Waals surface area (Å²) in [6.07, 6.45) is 3.27. The standard InChI is InChI=1S/C23H22N4O/c1-17-7-3-4-8-19(17)15-27-21-10-6-5-9-20(21)25-22(27)16-26(2)23(28)18-11-13-24-14-12-18/h3-14H,15-16H2,1-2H3. The number of aryl methyl sites for hydroxylation is 1. The second kappa shape index (κ2) is 7.64. The van der Waals surface area contributed by atoms with Gasteiger partial charge in [-0.1, -0.05) is 36.4 Å². The van der Waals surface area contributed by atoms with Crippen molar-refractivity contribution >= 4 is 16.9 Å². The van der Waals surface area contributed by atoms with E-state index in [1.54, 1.807) is 36.5 Å². The monoisotopic (exact) mass is 370 g/mol. The fourth-order valence-corrected chi connectivity index (χ4v) is 3.38. The Balaban J connectivity index is 1.68.